The quantitative estimate of drug-likeness (QED) is 0.422. The average Bonchev–Trinajstić information content (AvgIpc) is 3.05. The standard InChI is InChI=1S/C18H14Cl2N2O2/c19-13-7-2-1-4-12(13)17-11-6-3-5-10(11)16-15(22(23)24)9-8-14(20)18(16)21-17/h1-5,7-11,17,21H,6H2/t10-,11+,17-/m1/s1. The summed E-state index contributed by atoms with van der Waals surface area (Å²) in [5, 5.41) is 16.1. The molecule has 4 nitrogen and oxygen atoms in total. The number of hydrogen-bond acceptors (Lipinski definition) is 3. The lowest BCUT2D eigenvalue weighted by Crippen LogP contribution is -2.30. The lowest BCUT2D eigenvalue weighted by molar-refractivity contribution is -0.385. The minimum Gasteiger partial charge on any atom is -0.376 e. The van der Waals surface area contributed by atoms with E-state index in [1.807, 2.05) is 24.3 Å². The number of nitro groups is 1. The van der Waals surface area contributed by atoms with E-state index < -0.39 is 0 Å². The van der Waals surface area contributed by atoms with Crippen LogP contribution in [0.1, 0.15) is 29.5 Å². The molecule has 0 amide bonds. The van der Waals surface area contributed by atoms with Crippen molar-refractivity contribution in [1.29, 1.82) is 0 Å². The Labute approximate surface area is 149 Å². The lowest BCUT2D eigenvalue weighted by Gasteiger charge is -2.37. The van der Waals surface area contributed by atoms with Gasteiger partial charge in [-0.2, -0.15) is 0 Å². The molecule has 1 heterocycles. The number of nitrogens with one attached hydrogen (secondary N) is 1. The molecule has 4 rings (SSSR count). The molecule has 24 heavy (non-hydrogen) atoms. The van der Waals surface area contributed by atoms with E-state index in [0.29, 0.717) is 21.3 Å². The van der Waals surface area contributed by atoms with Crippen LogP contribution in [0.25, 0.3) is 0 Å². The molecule has 2 aromatic rings. The molecular formula is C18H14Cl2N2O2. The largest absolute Gasteiger partial charge is 0.376 e. The van der Waals surface area contributed by atoms with Crippen LogP contribution < -0.4 is 5.32 Å². The SMILES string of the molecule is O=[N+]([O-])c1ccc(Cl)c2c1[C@@H]1C=CC[C@@H]1[C@H](c1ccccc1Cl)N2. The second-order valence-corrected chi connectivity index (χ2v) is 6.92. The molecule has 2 aromatic carbocycles. The number of benzene rings is 2. The summed E-state index contributed by atoms with van der Waals surface area (Å²) in [6.07, 6.45) is 4.98. The number of rotatable bonds is 2. The van der Waals surface area contributed by atoms with Crippen molar-refractivity contribution in [2.45, 2.75) is 18.4 Å². The van der Waals surface area contributed by atoms with E-state index in [4.69, 9.17) is 23.2 Å². The zero-order valence-corrected chi connectivity index (χ0v) is 14.1. The van der Waals surface area contributed by atoms with Crippen molar-refractivity contribution in [3.05, 3.63) is 79.8 Å². The lowest BCUT2D eigenvalue weighted by atomic mass is 9.76. The normalized spacial score (nSPS) is 24.2. The first-order valence-corrected chi connectivity index (χ1v) is 8.48. The van der Waals surface area contributed by atoms with Crippen LogP contribution in [0.3, 0.4) is 0 Å². The van der Waals surface area contributed by atoms with Crippen molar-refractivity contribution in [2.75, 3.05) is 5.32 Å². The summed E-state index contributed by atoms with van der Waals surface area (Å²) >= 11 is 12.8. The number of hydrogen-bond donors (Lipinski definition) is 1. The van der Waals surface area contributed by atoms with Crippen LogP contribution in [0.15, 0.2) is 48.6 Å². The Morgan fingerprint density at radius 3 is 2.67 bits per heavy atom. The number of nitrogens with zero attached hydrogens (tertiary/aromatic N) is 1. The van der Waals surface area contributed by atoms with Gasteiger partial charge in [0.05, 0.1) is 27.2 Å². The fourth-order valence-electron chi connectivity index (χ4n) is 3.85. The van der Waals surface area contributed by atoms with Crippen molar-refractivity contribution in [1.82, 2.24) is 0 Å². The Morgan fingerprint density at radius 1 is 1.12 bits per heavy atom. The molecular weight excluding hydrogens is 347 g/mol. The second kappa shape index (κ2) is 5.80. The molecule has 2 aliphatic rings. The van der Waals surface area contributed by atoms with Gasteiger partial charge in [0, 0.05) is 17.0 Å². The van der Waals surface area contributed by atoms with Gasteiger partial charge in [0.25, 0.3) is 5.69 Å². The third kappa shape index (κ3) is 2.29. The van der Waals surface area contributed by atoms with E-state index in [1.54, 1.807) is 6.07 Å². The maximum Gasteiger partial charge on any atom is 0.275 e. The molecule has 0 saturated heterocycles. The van der Waals surface area contributed by atoms with Crippen molar-refractivity contribution in [2.24, 2.45) is 5.92 Å². The molecule has 122 valence electrons. The molecule has 0 spiro atoms. The smallest absolute Gasteiger partial charge is 0.275 e. The highest BCUT2D eigenvalue weighted by Gasteiger charge is 2.42. The fourth-order valence-corrected chi connectivity index (χ4v) is 4.32. The van der Waals surface area contributed by atoms with E-state index >= 15 is 0 Å². The highest BCUT2D eigenvalue weighted by atomic mass is 35.5. The Bertz CT molecular complexity index is 866. The summed E-state index contributed by atoms with van der Waals surface area (Å²) in [5.74, 6) is 0.135. The number of anilines is 1. The van der Waals surface area contributed by atoms with Gasteiger partial charge in [0.15, 0.2) is 0 Å². The fraction of sp³-hybridized carbons (Fsp3) is 0.222. The van der Waals surface area contributed by atoms with Gasteiger partial charge in [-0.1, -0.05) is 53.6 Å². The van der Waals surface area contributed by atoms with Gasteiger partial charge in [-0.3, -0.25) is 10.1 Å². The van der Waals surface area contributed by atoms with E-state index in [9.17, 15) is 10.1 Å². The zero-order chi connectivity index (χ0) is 16.8. The first kappa shape index (κ1) is 15.5. The van der Waals surface area contributed by atoms with Crippen molar-refractivity contribution in [3.63, 3.8) is 0 Å². The molecule has 1 aliphatic carbocycles. The molecule has 6 heteroatoms. The van der Waals surface area contributed by atoms with E-state index in [-0.39, 0.29) is 28.5 Å². The second-order valence-electron chi connectivity index (χ2n) is 6.11. The molecule has 0 aromatic heterocycles. The molecule has 0 radical (unpaired) electrons. The van der Waals surface area contributed by atoms with E-state index in [2.05, 4.69) is 17.5 Å². The van der Waals surface area contributed by atoms with Crippen LogP contribution in [0.5, 0.6) is 0 Å². The number of allylic oxidation sites excluding steroid dienone is 2. The van der Waals surface area contributed by atoms with Crippen LogP contribution in [-0.4, -0.2) is 4.92 Å². The molecule has 3 atom stereocenters. The Morgan fingerprint density at radius 2 is 1.92 bits per heavy atom. The van der Waals surface area contributed by atoms with Gasteiger partial charge in [-0.25, -0.2) is 0 Å². The third-order valence-corrected chi connectivity index (χ3v) is 5.54. The van der Waals surface area contributed by atoms with Gasteiger partial charge in [0.2, 0.25) is 0 Å². The zero-order valence-electron chi connectivity index (χ0n) is 12.6. The number of fused-ring (bicyclic) bond motifs is 3. The average molecular weight is 361 g/mol. The predicted molar refractivity (Wildman–Crippen MR) is 95.9 cm³/mol. The minimum atomic E-state index is -0.337. The molecule has 0 saturated carbocycles. The van der Waals surface area contributed by atoms with Crippen LogP contribution >= 0.6 is 23.2 Å². The predicted octanol–water partition coefficient (Wildman–Crippen LogP) is 5.73. The van der Waals surface area contributed by atoms with Crippen LogP contribution in [-0.2, 0) is 0 Å². The maximum atomic E-state index is 11.5. The van der Waals surface area contributed by atoms with E-state index in [0.717, 1.165) is 12.0 Å². The van der Waals surface area contributed by atoms with Crippen LogP contribution in [0.2, 0.25) is 10.0 Å². The molecule has 0 unspecified atom stereocenters. The highest BCUT2D eigenvalue weighted by molar-refractivity contribution is 6.33. The van der Waals surface area contributed by atoms with Crippen molar-refractivity contribution < 1.29 is 4.92 Å². The molecule has 0 fully saturated rings. The summed E-state index contributed by atoms with van der Waals surface area (Å²) in [7, 11) is 0. The van der Waals surface area contributed by atoms with Gasteiger partial charge in [-0.05, 0) is 30.0 Å². The van der Waals surface area contributed by atoms with Crippen LogP contribution in [0.4, 0.5) is 11.4 Å². The van der Waals surface area contributed by atoms with Crippen molar-refractivity contribution >= 4 is 34.6 Å². The first-order chi connectivity index (χ1) is 11.6. The highest BCUT2D eigenvalue weighted by Crippen LogP contribution is 2.54. The topological polar surface area (TPSA) is 55.2 Å². The summed E-state index contributed by atoms with van der Waals surface area (Å²) < 4.78 is 0. The maximum absolute atomic E-state index is 11.5. The van der Waals surface area contributed by atoms with Crippen LogP contribution in [0, 0.1) is 16.0 Å². The molecule has 1 N–H and O–H groups in total. The Balaban J connectivity index is 1.90. The first-order valence-electron chi connectivity index (χ1n) is 7.72. The summed E-state index contributed by atoms with van der Waals surface area (Å²) in [6.45, 7) is 0. The number of halogens is 2. The summed E-state index contributed by atoms with van der Waals surface area (Å²) in [5.41, 5.74) is 2.42. The summed E-state index contributed by atoms with van der Waals surface area (Å²) in [6, 6.07) is 10.7. The monoisotopic (exact) mass is 360 g/mol. The molecule has 1 aliphatic heterocycles. The number of nitro benzene ring substituents is 1. The van der Waals surface area contributed by atoms with Gasteiger partial charge < -0.3 is 5.32 Å². The van der Waals surface area contributed by atoms with Gasteiger partial charge in [0.1, 0.15) is 0 Å². The molecule has 0 bridgehead atoms. The van der Waals surface area contributed by atoms with Gasteiger partial charge >= 0.3 is 0 Å². The van der Waals surface area contributed by atoms with Crippen molar-refractivity contribution in [3.8, 4) is 0 Å². The van der Waals surface area contributed by atoms with Gasteiger partial charge in [-0.15, -0.1) is 0 Å². The Kier molecular flexibility index (Phi) is 3.74. The minimum absolute atomic E-state index is 0.0364. The Hall–Kier alpha value is -2.04. The summed E-state index contributed by atoms with van der Waals surface area (Å²) in [4.78, 5) is 11.1. The third-order valence-electron chi connectivity index (χ3n) is 4.88. The van der Waals surface area contributed by atoms with E-state index in [1.165, 1.54) is 6.07 Å².